The number of nitrogens with one attached hydrogen (secondary N) is 2. The average molecular weight is 431 g/mol. The van der Waals surface area contributed by atoms with Crippen LogP contribution in [0.2, 0.25) is 0 Å². The highest BCUT2D eigenvalue weighted by molar-refractivity contribution is 5.95. The van der Waals surface area contributed by atoms with Gasteiger partial charge < -0.3 is 24.8 Å². The molecule has 1 aromatic rings. The number of nitrogens with zero attached hydrogens (tertiary/aromatic N) is 1. The lowest BCUT2D eigenvalue weighted by Crippen LogP contribution is -2.49. The second-order valence-electron chi connectivity index (χ2n) is 7.52. The zero-order chi connectivity index (χ0) is 22.4. The minimum Gasteiger partial charge on any atom is -0.497 e. The summed E-state index contributed by atoms with van der Waals surface area (Å²) in [4.78, 5) is 39.4. The summed E-state index contributed by atoms with van der Waals surface area (Å²) in [6, 6.07) is 6.08. The maximum atomic E-state index is 12.7. The molecular formula is C22H29N3O6. The van der Waals surface area contributed by atoms with E-state index in [-0.39, 0.29) is 11.9 Å². The predicted molar refractivity (Wildman–Crippen MR) is 112 cm³/mol. The smallest absolute Gasteiger partial charge is 0.338 e. The zero-order valence-electron chi connectivity index (χ0n) is 18.1. The number of hydrogen-bond donors (Lipinski definition) is 2. The highest BCUT2D eigenvalue weighted by Crippen LogP contribution is 2.30. The molecule has 168 valence electrons. The summed E-state index contributed by atoms with van der Waals surface area (Å²) in [5.41, 5.74) is 1.50. The van der Waals surface area contributed by atoms with Crippen LogP contribution in [0.15, 0.2) is 35.5 Å². The van der Waals surface area contributed by atoms with Gasteiger partial charge in [-0.05, 0) is 44.0 Å². The van der Waals surface area contributed by atoms with Gasteiger partial charge in [-0.1, -0.05) is 12.1 Å². The normalized spacial score (nSPS) is 21.7. The first-order valence-corrected chi connectivity index (χ1v) is 10.4. The van der Waals surface area contributed by atoms with E-state index in [0.717, 1.165) is 19.4 Å². The maximum absolute atomic E-state index is 12.7. The van der Waals surface area contributed by atoms with Crippen LogP contribution in [0.1, 0.15) is 31.4 Å². The molecule has 2 N–H and O–H groups in total. The Labute approximate surface area is 181 Å². The largest absolute Gasteiger partial charge is 0.497 e. The van der Waals surface area contributed by atoms with Crippen molar-refractivity contribution in [3.8, 4) is 5.75 Å². The molecule has 0 saturated carbocycles. The summed E-state index contributed by atoms with van der Waals surface area (Å²) < 4.78 is 15.5. The molecule has 31 heavy (non-hydrogen) atoms. The van der Waals surface area contributed by atoms with Crippen LogP contribution in [0, 0.1) is 5.92 Å². The van der Waals surface area contributed by atoms with Crippen molar-refractivity contribution in [2.24, 2.45) is 5.92 Å². The van der Waals surface area contributed by atoms with Gasteiger partial charge in [0.25, 0.3) is 0 Å². The van der Waals surface area contributed by atoms with E-state index in [4.69, 9.17) is 14.2 Å². The van der Waals surface area contributed by atoms with E-state index in [1.54, 1.807) is 32.2 Å². The van der Waals surface area contributed by atoms with Crippen LogP contribution in [0.25, 0.3) is 0 Å². The van der Waals surface area contributed by atoms with Crippen LogP contribution in [0.5, 0.6) is 5.75 Å². The third-order valence-electron chi connectivity index (χ3n) is 5.49. The minimum absolute atomic E-state index is 0.210. The van der Waals surface area contributed by atoms with E-state index < -0.39 is 18.0 Å². The molecule has 0 aromatic heterocycles. The first-order chi connectivity index (χ1) is 15.0. The third-order valence-corrected chi connectivity index (χ3v) is 5.49. The fourth-order valence-corrected chi connectivity index (χ4v) is 4.04. The molecular weight excluding hydrogens is 402 g/mol. The first-order valence-electron chi connectivity index (χ1n) is 10.4. The number of likely N-dealkylation sites (tertiary alicyclic amines) is 1. The highest BCUT2D eigenvalue weighted by atomic mass is 16.5. The van der Waals surface area contributed by atoms with E-state index in [2.05, 4.69) is 15.5 Å². The van der Waals surface area contributed by atoms with Gasteiger partial charge in [-0.25, -0.2) is 9.59 Å². The SMILES string of the molecule is CCOC(=O)[C@H]1CCCN(CC2=C(C(=O)OC)[C@@H](c3cccc(OC)c3)NC(=O)N2)C1. The summed E-state index contributed by atoms with van der Waals surface area (Å²) in [7, 11) is 2.86. The molecule has 2 heterocycles. The Hall–Kier alpha value is -3.07. The second-order valence-corrected chi connectivity index (χ2v) is 7.52. The lowest BCUT2D eigenvalue weighted by atomic mass is 9.93. The number of carbonyl (C=O) groups is 3. The quantitative estimate of drug-likeness (QED) is 0.634. The van der Waals surface area contributed by atoms with Crippen molar-refractivity contribution in [2.75, 3.05) is 40.5 Å². The van der Waals surface area contributed by atoms with Crippen LogP contribution in [0.3, 0.4) is 0 Å². The van der Waals surface area contributed by atoms with Gasteiger partial charge in [0.05, 0.1) is 38.4 Å². The van der Waals surface area contributed by atoms with Crippen molar-refractivity contribution < 1.29 is 28.6 Å². The van der Waals surface area contributed by atoms with E-state index in [0.29, 0.717) is 42.3 Å². The molecule has 3 rings (SSSR count). The second kappa shape index (κ2) is 10.3. The number of hydrogen-bond acceptors (Lipinski definition) is 7. The number of rotatable bonds is 7. The molecule has 1 aromatic carbocycles. The Bertz CT molecular complexity index is 869. The predicted octanol–water partition coefficient (Wildman–Crippen LogP) is 1.75. The van der Waals surface area contributed by atoms with Crippen molar-refractivity contribution in [3.63, 3.8) is 0 Å². The standard InChI is InChI=1S/C22H29N3O6/c1-4-31-20(26)15-8-6-10-25(12-15)13-17-18(21(27)30-3)19(24-22(28)23-17)14-7-5-9-16(11-14)29-2/h5,7,9,11,15,19H,4,6,8,10,12-13H2,1-3H3,(H2,23,24,28)/t15-,19+/m0/s1. The lowest BCUT2D eigenvalue weighted by Gasteiger charge is -2.35. The topological polar surface area (TPSA) is 106 Å². The molecule has 2 aliphatic rings. The summed E-state index contributed by atoms with van der Waals surface area (Å²) >= 11 is 0. The number of amides is 2. The van der Waals surface area contributed by atoms with Crippen molar-refractivity contribution in [3.05, 3.63) is 41.1 Å². The number of piperidine rings is 1. The molecule has 0 aliphatic carbocycles. The molecule has 1 saturated heterocycles. The van der Waals surface area contributed by atoms with Gasteiger partial charge in [-0.2, -0.15) is 0 Å². The number of urea groups is 1. The first kappa shape index (κ1) is 22.6. The van der Waals surface area contributed by atoms with E-state index in [1.165, 1.54) is 7.11 Å². The van der Waals surface area contributed by atoms with Crippen molar-refractivity contribution in [1.82, 2.24) is 15.5 Å². The molecule has 2 atom stereocenters. The molecule has 0 unspecified atom stereocenters. The molecule has 2 amide bonds. The number of esters is 2. The number of ether oxygens (including phenoxy) is 3. The van der Waals surface area contributed by atoms with Crippen LogP contribution in [-0.2, 0) is 19.1 Å². The fourth-order valence-electron chi connectivity index (χ4n) is 4.04. The molecule has 9 heteroatoms. The van der Waals surface area contributed by atoms with Gasteiger partial charge in [-0.3, -0.25) is 9.69 Å². The van der Waals surface area contributed by atoms with Gasteiger partial charge in [-0.15, -0.1) is 0 Å². The summed E-state index contributed by atoms with van der Waals surface area (Å²) in [5, 5.41) is 5.57. The Morgan fingerprint density at radius 1 is 1.26 bits per heavy atom. The molecule has 2 aliphatic heterocycles. The number of benzene rings is 1. The molecule has 1 fully saturated rings. The minimum atomic E-state index is -0.683. The number of methoxy groups -OCH3 is 2. The van der Waals surface area contributed by atoms with Crippen molar-refractivity contribution in [1.29, 1.82) is 0 Å². The van der Waals surface area contributed by atoms with Gasteiger partial charge >= 0.3 is 18.0 Å². The third kappa shape index (κ3) is 5.35. The van der Waals surface area contributed by atoms with Gasteiger partial charge in [0, 0.05) is 18.8 Å². The van der Waals surface area contributed by atoms with Crippen molar-refractivity contribution in [2.45, 2.75) is 25.8 Å². The van der Waals surface area contributed by atoms with Crippen molar-refractivity contribution >= 4 is 18.0 Å². The maximum Gasteiger partial charge on any atom is 0.338 e. The fraction of sp³-hybridized carbons (Fsp3) is 0.500. The summed E-state index contributed by atoms with van der Waals surface area (Å²) in [5.74, 6) is -0.348. The summed E-state index contributed by atoms with van der Waals surface area (Å²) in [6.45, 7) is 3.70. The van der Waals surface area contributed by atoms with Crippen LogP contribution in [0.4, 0.5) is 4.79 Å². The van der Waals surface area contributed by atoms with E-state index in [9.17, 15) is 14.4 Å². The van der Waals surface area contributed by atoms with Crippen LogP contribution < -0.4 is 15.4 Å². The number of carbonyl (C=O) groups excluding carboxylic acids is 3. The summed E-state index contributed by atoms with van der Waals surface area (Å²) in [6.07, 6.45) is 1.59. The van der Waals surface area contributed by atoms with Gasteiger partial charge in [0.1, 0.15) is 5.75 Å². The van der Waals surface area contributed by atoms with E-state index in [1.807, 2.05) is 6.07 Å². The molecule has 0 bridgehead atoms. The molecule has 0 spiro atoms. The highest BCUT2D eigenvalue weighted by Gasteiger charge is 2.35. The van der Waals surface area contributed by atoms with Crippen LogP contribution in [-0.4, -0.2) is 63.3 Å². The zero-order valence-corrected chi connectivity index (χ0v) is 18.1. The van der Waals surface area contributed by atoms with E-state index >= 15 is 0 Å². The van der Waals surface area contributed by atoms with Gasteiger partial charge in [0.2, 0.25) is 0 Å². The molecule has 0 radical (unpaired) electrons. The van der Waals surface area contributed by atoms with Gasteiger partial charge in [0.15, 0.2) is 0 Å². The Balaban J connectivity index is 1.90. The molecule has 9 nitrogen and oxygen atoms in total. The average Bonchev–Trinajstić information content (AvgIpc) is 2.78. The monoisotopic (exact) mass is 431 g/mol. The Morgan fingerprint density at radius 2 is 2.06 bits per heavy atom. The van der Waals surface area contributed by atoms with Crippen LogP contribution >= 0.6 is 0 Å². The lowest BCUT2D eigenvalue weighted by molar-refractivity contribution is -0.150. The Morgan fingerprint density at radius 3 is 2.77 bits per heavy atom. The Kier molecular flexibility index (Phi) is 7.51.